The van der Waals surface area contributed by atoms with Crippen LogP contribution in [-0.4, -0.2) is 13.7 Å². The third-order valence-electron chi connectivity index (χ3n) is 2.11. The quantitative estimate of drug-likeness (QED) is 0.592. The molecule has 0 fully saturated rings. The van der Waals surface area contributed by atoms with Crippen LogP contribution >= 0.6 is 11.7 Å². The normalized spacial score (nSPS) is 12.7. The lowest BCUT2D eigenvalue weighted by molar-refractivity contribution is 0.623. The smallest absolute Gasteiger partial charge is 0.0971 e. The summed E-state index contributed by atoms with van der Waals surface area (Å²) in [5.41, 5.74) is 5.48. The molecule has 0 amide bonds. The largest absolute Gasteiger partial charge is 0.271 e. The zero-order valence-corrected chi connectivity index (χ0v) is 9.03. The maximum absolute atomic E-state index is 5.49. The molecule has 3 N–H and O–H groups in total. The molecule has 2 rings (SSSR count). The molecule has 0 bridgehead atoms. The Morgan fingerprint density at radius 3 is 2.80 bits per heavy atom. The molecule has 0 radical (unpaired) electrons. The predicted molar refractivity (Wildman–Crippen MR) is 58.0 cm³/mol. The monoisotopic (exact) mass is 221 g/mol. The molecule has 5 nitrogen and oxygen atoms in total. The van der Waals surface area contributed by atoms with Crippen LogP contribution in [-0.2, 0) is 0 Å². The van der Waals surface area contributed by atoms with Crippen molar-refractivity contribution in [2.75, 3.05) is 0 Å². The van der Waals surface area contributed by atoms with Crippen molar-refractivity contribution < 1.29 is 0 Å². The number of rotatable bonds is 3. The number of hydrogen-bond donors (Lipinski definition) is 2. The molecule has 0 aliphatic heterocycles. The second-order valence-corrected chi connectivity index (χ2v) is 3.72. The highest BCUT2D eigenvalue weighted by molar-refractivity contribution is 6.99. The number of pyridine rings is 1. The molecular weight excluding hydrogens is 210 g/mol. The second-order valence-electron chi connectivity index (χ2n) is 3.16. The van der Waals surface area contributed by atoms with Crippen molar-refractivity contribution in [3.8, 4) is 0 Å². The lowest BCUT2D eigenvalue weighted by Crippen LogP contribution is -2.29. The van der Waals surface area contributed by atoms with E-state index in [1.54, 1.807) is 12.4 Å². The number of nitrogens with zero attached hydrogens (tertiary/aromatic N) is 3. The van der Waals surface area contributed by atoms with Gasteiger partial charge in [-0.1, -0.05) is 6.07 Å². The summed E-state index contributed by atoms with van der Waals surface area (Å²) in [5.74, 6) is 5.49. The Bertz CT molecular complexity index is 411. The molecule has 2 heterocycles. The summed E-state index contributed by atoms with van der Waals surface area (Å²) in [7, 11) is 0. The molecule has 0 spiro atoms. The van der Waals surface area contributed by atoms with Crippen LogP contribution < -0.4 is 11.3 Å². The van der Waals surface area contributed by atoms with Gasteiger partial charge in [-0.25, -0.2) is 5.43 Å². The van der Waals surface area contributed by atoms with E-state index in [1.807, 2.05) is 19.1 Å². The third kappa shape index (κ3) is 2.17. The van der Waals surface area contributed by atoms with Gasteiger partial charge in [-0.15, -0.1) is 0 Å². The zero-order chi connectivity index (χ0) is 10.7. The number of aromatic nitrogens is 3. The fourth-order valence-electron chi connectivity index (χ4n) is 1.30. The van der Waals surface area contributed by atoms with Gasteiger partial charge in [0.1, 0.15) is 0 Å². The lowest BCUT2D eigenvalue weighted by Gasteiger charge is -2.12. The third-order valence-corrected chi connectivity index (χ3v) is 2.60. The summed E-state index contributed by atoms with van der Waals surface area (Å²) in [5, 5.41) is 0. The molecule has 15 heavy (non-hydrogen) atoms. The van der Waals surface area contributed by atoms with E-state index in [9.17, 15) is 0 Å². The van der Waals surface area contributed by atoms with Crippen molar-refractivity contribution in [3.05, 3.63) is 41.5 Å². The minimum Gasteiger partial charge on any atom is -0.271 e. The van der Waals surface area contributed by atoms with Gasteiger partial charge in [0.05, 0.1) is 29.7 Å². The van der Waals surface area contributed by atoms with Crippen molar-refractivity contribution in [1.29, 1.82) is 0 Å². The van der Waals surface area contributed by atoms with Gasteiger partial charge < -0.3 is 0 Å². The Morgan fingerprint density at radius 1 is 1.40 bits per heavy atom. The van der Waals surface area contributed by atoms with E-state index in [1.165, 1.54) is 11.7 Å². The molecule has 2 aromatic heterocycles. The average molecular weight is 221 g/mol. The van der Waals surface area contributed by atoms with E-state index < -0.39 is 0 Å². The van der Waals surface area contributed by atoms with E-state index in [0.717, 1.165) is 17.0 Å². The highest BCUT2D eigenvalue weighted by atomic mass is 32.1. The number of nitrogens with one attached hydrogen (secondary N) is 1. The molecule has 2 aromatic rings. The Hall–Kier alpha value is -1.37. The summed E-state index contributed by atoms with van der Waals surface area (Å²) in [6.07, 6.45) is 3.49. The second kappa shape index (κ2) is 4.43. The molecule has 78 valence electrons. The van der Waals surface area contributed by atoms with Gasteiger partial charge >= 0.3 is 0 Å². The van der Waals surface area contributed by atoms with E-state index >= 15 is 0 Å². The Labute approximate surface area is 91.7 Å². The van der Waals surface area contributed by atoms with E-state index in [2.05, 4.69) is 19.2 Å². The fourth-order valence-corrected chi connectivity index (χ4v) is 1.75. The summed E-state index contributed by atoms with van der Waals surface area (Å²) in [6.45, 7) is 1.94. The summed E-state index contributed by atoms with van der Waals surface area (Å²) in [6, 6.07) is 3.78. The zero-order valence-electron chi connectivity index (χ0n) is 8.21. The molecule has 0 aromatic carbocycles. The molecule has 1 unspecified atom stereocenters. The van der Waals surface area contributed by atoms with E-state index in [4.69, 9.17) is 5.84 Å². The van der Waals surface area contributed by atoms with Gasteiger partial charge in [0.25, 0.3) is 0 Å². The fraction of sp³-hybridized carbons (Fsp3) is 0.222. The van der Waals surface area contributed by atoms with Crippen molar-refractivity contribution >= 4 is 11.7 Å². The van der Waals surface area contributed by atoms with Crippen LogP contribution in [0.15, 0.2) is 24.5 Å². The Balaban J connectivity index is 2.31. The highest BCUT2D eigenvalue weighted by Crippen LogP contribution is 2.18. The van der Waals surface area contributed by atoms with Crippen molar-refractivity contribution in [3.63, 3.8) is 0 Å². The van der Waals surface area contributed by atoms with Crippen molar-refractivity contribution in [2.24, 2.45) is 5.84 Å². The molecule has 0 saturated carbocycles. The minimum absolute atomic E-state index is 0.142. The van der Waals surface area contributed by atoms with Gasteiger partial charge in [-0.05, 0) is 18.6 Å². The number of hydrogen-bond acceptors (Lipinski definition) is 6. The Morgan fingerprint density at radius 2 is 2.27 bits per heavy atom. The molecule has 1 atom stereocenters. The highest BCUT2D eigenvalue weighted by Gasteiger charge is 2.14. The molecule has 0 aliphatic rings. The first kappa shape index (κ1) is 10.2. The first-order chi connectivity index (χ1) is 7.31. The summed E-state index contributed by atoms with van der Waals surface area (Å²) < 4.78 is 8.10. The summed E-state index contributed by atoms with van der Waals surface area (Å²) >= 11 is 1.17. The first-order valence-corrected chi connectivity index (χ1v) is 5.20. The van der Waals surface area contributed by atoms with Crippen LogP contribution in [0.4, 0.5) is 0 Å². The predicted octanol–water partition coefficient (Wildman–Crippen LogP) is 0.794. The first-order valence-electron chi connectivity index (χ1n) is 4.47. The molecular formula is C9H11N5S. The molecule has 0 saturated heterocycles. The van der Waals surface area contributed by atoms with Crippen LogP contribution in [0.2, 0.25) is 0 Å². The topological polar surface area (TPSA) is 76.7 Å². The van der Waals surface area contributed by atoms with E-state index in [0.29, 0.717) is 0 Å². The SMILES string of the molecule is Cc1ccc(C(NN)c2cnsn2)cn1. The van der Waals surface area contributed by atoms with Crippen LogP contribution in [0.5, 0.6) is 0 Å². The number of hydrazine groups is 1. The molecule has 0 aliphatic carbocycles. The summed E-state index contributed by atoms with van der Waals surface area (Å²) in [4.78, 5) is 4.22. The van der Waals surface area contributed by atoms with Gasteiger partial charge in [0, 0.05) is 11.9 Å². The van der Waals surface area contributed by atoms with Crippen molar-refractivity contribution in [1.82, 2.24) is 19.2 Å². The van der Waals surface area contributed by atoms with Crippen LogP contribution in [0.3, 0.4) is 0 Å². The maximum Gasteiger partial charge on any atom is 0.0971 e. The standard InChI is InChI=1S/C9H11N5S/c1-6-2-3-7(4-11-6)9(13-10)8-5-12-15-14-8/h2-5,9,13H,10H2,1H3. The van der Waals surface area contributed by atoms with Crippen LogP contribution in [0.1, 0.15) is 23.0 Å². The maximum atomic E-state index is 5.49. The number of nitrogens with two attached hydrogens (primary N) is 1. The van der Waals surface area contributed by atoms with Gasteiger partial charge in [0.15, 0.2) is 0 Å². The average Bonchev–Trinajstić information content (AvgIpc) is 2.75. The van der Waals surface area contributed by atoms with Crippen LogP contribution in [0.25, 0.3) is 0 Å². The van der Waals surface area contributed by atoms with Gasteiger partial charge in [0.2, 0.25) is 0 Å². The van der Waals surface area contributed by atoms with Gasteiger partial charge in [-0.3, -0.25) is 10.8 Å². The molecule has 6 heteroatoms. The minimum atomic E-state index is -0.142. The van der Waals surface area contributed by atoms with Gasteiger partial charge in [-0.2, -0.15) is 8.75 Å². The Kier molecular flexibility index (Phi) is 3.00. The van der Waals surface area contributed by atoms with Crippen LogP contribution in [0, 0.1) is 6.92 Å². The number of aryl methyl sites for hydroxylation is 1. The van der Waals surface area contributed by atoms with E-state index in [-0.39, 0.29) is 6.04 Å². The van der Waals surface area contributed by atoms with Crippen molar-refractivity contribution in [2.45, 2.75) is 13.0 Å². The lowest BCUT2D eigenvalue weighted by atomic mass is 10.1.